The second kappa shape index (κ2) is 7.88. The summed E-state index contributed by atoms with van der Waals surface area (Å²) in [6, 6.07) is 11.2. The molecule has 0 aliphatic carbocycles. The summed E-state index contributed by atoms with van der Waals surface area (Å²) in [7, 11) is -3.70. The molecule has 26 heavy (non-hydrogen) atoms. The first kappa shape index (κ1) is 19.9. The standard InChI is InChI=1S/C18H19ClN2O4S/c1-12-4-9-17(16(19)10-12)20-18(23)11-21(26(3,24)25)15-7-5-14(6-8-15)13(2)22/h4-10H,11H2,1-3H3,(H,20,23). The summed E-state index contributed by atoms with van der Waals surface area (Å²) in [6.07, 6.45) is 1.01. The summed E-state index contributed by atoms with van der Waals surface area (Å²) >= 11 is 6.09. The van der Waals surface area contributed by atoms with E-state index in [4.69, 9.17) is 11.6 Å². The average molecular weight is 395 g/mol. The maximum Gasteiger partial charge on any atom is 0.245 e. The number of aryl methyl sites for hydroxylation is 1. The lowest BCUT2D eigenvalue weighted by Gasteiger charge is -2.22. The van der Waals surface area contributed by atoms with Crippen LogP contribution in [0.25, 0.3) is 0 Å². The summed E-state index contributed by atoms with van der Waals surface area (Å²) in [5.41, 5.74) is 2.10. The molecular formula is C18H19ClN2O4S. The van der Waals surface area contributed by atoms with Crippen molar-refractivity contribution in [2.45, 2.75) is 13.8 Å². The monoisotopic (exact) mass is 394 g/mol. The van der Waals surface area contributed by atoms with Crippen molar-refractivity contribution in [3.8, 4) is 0 Å². The van der Waals surface area contributed by atoms with Crippen LogP contribution in [0, 0.1) is 6.92 Å². The Balaban J connectivity index is 2.22. The predicted octanol–water partition coefficient (Wildman–Crippen LogP) is 3.26. The molecule has 1 amide bonds. The molecule has 0 aliphatic heterocycles. The number of halogens is 1. The Bertz CT molecular complexity index is 940. The van der Waals surface area contributed by atoms with Gasteiger partial charge in [-0.25, -0.2) is 8.42 Å². The minimum atomic E-state index is -3.70. The van der Waals surface area contributed by atoms with Gasteiger partial charge in [-0.15, -0.1) is 0 Å². The Hall–Kier alpha value is -2.38. The van der Waals surface area contributed by atoms with Crippen LogP contribution < -0.4 is 9.62 Å². The van der Waals surface area contributed by atoms with E-state index in [0.717, 1.165) is 16.1 Å². The zero-order chi connectivity index (χ0) is 19.5. The summed E-state index contributed by atoms with van der Waals surface area (Å²) in [4.78, 5) is 23.7. The first-order chi connectivity index (χ1) is 12.1. The number of carbonyl (C=O) groups excluding carboxylic acids is 2. The van der Waals surface area contributed by atoms with Crippen molar-refractivity contribution in [1.82, 2.24) is 0 Å². The predicted molar refractivity (Wildman–Crippen MR) is 103 cm³/mol. The zero-order valence-electron chi connectivity index (χ0n) is 14.6. The van der Waals surface area contributed by atoms with Gasteiger partial charge in [-0.2, -0.15) is 0 Å². The first-order valence-corrected chi connectivity index (χ1v) is 9.95. The number of nitrogens with one attached hydrogen (secondary N) is 1. The van der Waals surface area contributed by atoms with Crippen molar-refractivity contribution in [3.05, 3.63) is 58.6 Å². The van der Waals surface area contributed by atoms with Crippen LogP contribution in [-0.4, -0.2) is 32.9 Å². The van der Waals surface area contributed by atoms with Crippen LogP contribution in [0.3, 0.4) is 0 Å². The summed E-state index contributed by atoms with van der Waals surface area (Å²) in [6.45, 7) is 2.87. The second-order valence-electron chi connectivity index (χ2n) is 5.90. The fourth-order valence-electron chi connectivity index (χ4n) is 2.30. The van der Waals surface area contributed by atoms with Crippen LogP contribution in [0.4, 0.5) is 11.4 Å². The van der Waals surface area contributed by atoms with Crippen molar-refractivity contribution in [2.75, 3.05) is 22.4 Å². The number of benzene rings is 2. The van der Waals surface area contributed by atoms with Gasteiger partial charge in [0.05, 0.1) is 22.7 Å². The highest BCUT2D eigenvalue weighted by molar-refractivity contribution is 7.92. The molecule has 2 rings (SSSR count). The molecule has 0 radical (unpaired) electrons. The lowest BCUT2D eigenvalue weighted by Crippen LogP contribution is -2.37. The molecule has 138 valence electrons. The third kappa shape index (κ3) is 5.06. The molecule has 0 unspecified atom stereocenters. The number of amides is 1. The lowest BCUT2D eigenvalue weighted by atomic mass is 10.1. The summed E-state index contributed by atoms with van der Waals surface area (Å²) in [5, 5.41) is 2.98. The van der Waals surface area contributed by atoms with E-state index < -0.39 is 22.5 Å². The topological polar surface area (TPSA) is 83.6 Å². The number of ketones is 1. The van der Waals surface area contributed by atoms with Gasteiger partial charge in [0.2, 0.25) is 15.9 Å². The number of nitrogens with zero attached hydrogens (tertiary/aromatic N) is 1. The molecule has 0 saturated carbocycles. The van der Waals surface area contributed by atoms with Crippen LogP contribution >= 0.6 is 11.6 Å². The van der Waals surface area contributed by atoms with Gasteiger partial charge in [0, 0.05) is 5.56 Å². The third-order valence-electron chi connectivity index (χ3n) is 3.65. The Morgan fingerprint density at radius 1 is 1.12 bits per heavy atom. The van der Waals surface area contributed by atoms with Crippen molar-refractivity contribution in [1.29, 1.82) is 0 Å². The van der Waals surface area contributed by atoms with Crippen LogP contribution in [-0.2, 0) is 14.8 Å². The molecular weight excluding hydrogens is 376 g/mol. The van der Waals surface area contributed by atoms with Gasteiger partial charge >= 0.3 is 0 Å². The minimum absolute atomic E-state index is 0.130. The SMILES string of the molecule is CC(=O)c1ccc(N(CC(=O)Nc2ccc(C)cc2Cl)S(C)(=O)=O)cc1. The molecule has 0 bridgehead atoms. The summed E-state index contributed by atoms with van der Waals surface area (Å²) < 4.78 is 25.2. The van der Waals surface area contributed by atoms with Gasteiger partial charge in [-0.1, -0.05) is 17.7 Å². The maximum atomic E-state index is 12.3. The third-order valence-corrected chi connectivity index (χ3v) is 5.10. The average Bonchev–Trinajstić information content (AvgIpc) is 2.54. The number of hydrogen-bond donors (Lipinski definition) is 1. The van der Waals surface area contributed by atoms with Crippen molar-refractivity contribution < 1.29 is 18.0 Å². The van der Waals surface area contributed by atoms with E-state index in [0.29, 0.717) is 22.0 Å². The van der Waals surface area contributed by atoms with E-state index in [2.05, 4.69) is 5.32 Å². The highest BCUT2D eigenvalue weighted by atomic mass is 35.5. The van der Waals surface area contributed by atoms with Crippen molar-refractivity contribution in [3.63, 3.8) is 0 Å². The van der Waals surface area contributed by atoms with E-state index in [-0.39, 0.29) is 5.78 Å². The lowest BCUT2D eigenvalue weighted by molar-refractivity contribution is -0.114. The van der Waals surface area contributed by atoms with Crippen LogP contribution in [0.5, 0.6) is 0 Å². The fraction of sp³-hybridized carbons (Fsp3) is 0.222. The number of rotatable bonds is 6. The van der Waals surface area contributed by atoms with Gasteiger partial charge in [0.25, 0.3) is 0 Å². The Labute approximate surface area is 157 Å². The molecule has 0 heterocycles. The second-order valence-corrected chi connectivity index (χ2v) is 8.22. The molecule has 0 aromatic heterocycles. The van der Waals surface area contributed by atoms with E-state index >= 15 is 0 Å². The molecule has 1 N–H and O–H groups in total. The quantitative estimate of drug-likeness (QED) is 0.762. The van der Waals surface area contributed by atoms with Crippen LogP contribution in [0.1, 0.15) is 22.8 Å². The van der Waals surface area contributed by atoms with E-state index in [1.165, 1.54) is 31.2 Å². The number of sulfonamides is 1. The van der Waals surface area contributed by atoms with Gasteiger partial charge < -0.3 is 5.32 Å². The highest BCUT2D eigenvalue weighted by Gasteiger charge is 2.21. The van der Waals surface area contributed by atoms with Gasteiger partial charge in [-0.3, -0.25) is 13.9 Å². The Morgan fingerprint density at radius 3 is 2.23 bits per heavy atom. The molecule has 0 saturated heterocycles. The number of hydrogen-bond acceptors (Lipinski definition) is 4. The largest absolute Gasteiger partial charge is 0.323 e. The smallest absolute Gasteiger partial charge is 0.245 e. The number of anilines is 2. The molecule has 0 fully saturated rings. The fourth-order valence-corrected chi connectivity index (χ4v) is 3.44. The Morgan fingerprint density at radius 2 is 1.73 bits per heavy atom. The van der Waals surface area contributed by atoms with Crippen molar-refractivity contribution >= 4 is 44.7 Å². The molecule has 0 aliphatic rings. The van der Waals surface area contributed by atoms with Crippen LogP contribution in [0.2, 0.25) is 5.02 Å². The van der Waals surface area contributed by atoms with Crippen LogP contribution in [0.15, 0.2) is 42.5 Å². The van der Waals surface area contributed by atoms with Gasteiger partial charge in [0.1, 0.15) is 6.54 Å². The van der Waals surface area contributed by atoms with E-state index in [1.807, 2.05) is 6.92 Å². The van der Waals surface area contributed by atoms with Gasteiger partial charge in [-0.05, 0) is 55.8 Å². The highest BCUT2D eigenvalue weighted by Crippen LogP contribution is 2.23. The molecule has 0 spiro atoms. The molecule has 6 nitrogen and oxygen atoms in total. The number of Topliss-reactive ketones (excluding diaryl/α,β-unsaturated/α-hetero) is 1. The normalized spacial score (nSPS) is 11.1. The molecule has 2 aromatic rings. The zero-order valence-corrected chi connectivity index (χ0v) is 16.2. The molecule has 0 atom stereocenters. The summed E-state index contributed by atoms with van der Waals surface area (Å²) in [5.74, 6) is -0.661. The maximum absolute atomic E-state index is 12.3. The van der Waals surface area contributed by atoms with E-state index in [1.54, 1.807) is 18.2 Å². The Kier molecular flexibility index (Phi) is 6.05. The molecule has 8 heteroatoms. The number of carbonyl (C=O) groups is 2. The first-order valence-electron chi connectivity index (χ1n) is 7.72. The van der Waals surface area contributed by atoms with E-state index in [9.17, 15) is 18.0 Å². The van der Waals surface area contributed by atoms with Gasteiger partial charge in [0.15, 0.2) is 5.78 Å². The molecule has 2 aromatic carbocycles. The van der Waals surface area contributed by atoms with Crippen molar-refractivity contribution in [2.24, 2.45) is 0 Å². The minimum Gasteiger partial charge on any atom is -0.323 e.